The second-order valence-electron chi connectivity index (χ2n) is 12.6. The predicted molar refractivity (Wildman–Crippen MR) is 185 cm³/mol. The van der Waals surface area contributed by atoms with Gasteiger partial charge < -0.3 is 10.2 Å². The largest absolute Gasteiger partial charge is 0.350 e. The summed E-state index contributed by atoms with van der Waals surface area (Å²) in [4.78, 5) is 30.2. The summed E-state index contributed by atoms with van der Waals surface area (Å²) in [6, 6.07) is 27.5. The molecule has 0 spiro atoms. The minimum absolute atomic E-state index is 0.0658. The first kappa shape index (κ1) is 34.7. The van der Waals surface area contributed by atoms with Gasteiger partial charge in [0.2, 0.25) is 11.8 Å². The van der Waals surface area contributed by atoms with Gasteiger partial charge in [0.15, 0.2) is 0 Å². The average molecular weight is 660 g/mol. The molecule has 0 saturated heterocycles. The van der Waals surface area contributed by atoms with Gasteiger partial charge >= 0.3 is 0 Å². The van der Waals surface area contributed by atoms with E-state index < -0.39 is 34.1 Å². The van der Waals surface area contributed by atoms with Crippen molar-refractivity contribution in [3.63, 3.8) is 0 Å². The maximum Gasteiger partial charge on any atom is 0.264 e. The Hall–Kier alpha value is -4.14. The average Bonchev–Trinajstić information content (AvgIpc) is 3.00. The first-order valence-corrected chi connectivity index (χ1v) is 17.0. The Kier molecular flexibility index (Phi) is 11.0. The second-order valence-corrected chi connectivity index (χ2v) is 14.9. The van der Waals surface area contributed by atoms with Crippen molar-refractivity contribution in [3.8, 4) is 0 Å². The highest BCUT2D eigenvalue weighted by Crippen LogP contribution is 2.29. The fraction of sp³-hybridized carbons (Fsp3) is 0.297. The quantitative estimate of drug-likeness (QED) is 0.188. The van der Waals surface area contributed by atoms with E-state index in [2.05, 4.69) is 5.32 Å². The van der Waals surface area contributed by atoms with Gasteiger partial charge in [0.1, 0.15) is 12.6 Å². The highest BCUT2D eigenvalue weighted by molar-refractivity contribution is 7.92. The number of sulfonamides is 1. The third-order valence-electron chi connectivity index (χ3n) is 7.77. The predicted octanol–water partition coefficient (Wildman–Crippen LogP) is 7.02. The lowest BCUT2D eigenvalue weighted by atomic mass is 10.0. The first-order valence-electron chi connectivity index (χ1n) is 15.2. The molecule has 9 heteroatoms. The number of anilines is 1. The summed E-state index contributed by atoms with van der Waals surface area (Å²) >= 11 is 6.17. The molecule has 4 rings (SSSR count). The van der Waals surface area contributed by atoms with Gasteiger partial charge in [-0.3, -0.25) is 13.9 Å². The standard InChI is InChI=1S/C37H42ClN3O4S/c1-26-15-21-32(22-16-26)46(44,45)41(33-14-10-11-27(2)28(33)3)25-35(42)40(24-30-17-19-31(38)20-18-30)34(36(43)39-37(4,5)6)23-29-12-8-7-9-13-29/h7-22,34H,23-25H2,1-6H3,(H,39,43). The van der Waals surface area contributed by atoms with Crippen LogP contribution in [0.25, 0.3) is 0 Å². The van der Waals surface area contributed by atoms with Crippen LogP contribution in [0.4, 0.5) is 5.69 Å². The Bertz CT molecular complexity index is 1770. The smallest absolute Gasteiger partial charge is 0.264 e. The zero-order valence-electron chi connectivity index (χ0n) is 27.2. The number of halogens is 1. The minimum atomic E-state index is -4.18. The molecule has 242 valence electrons. The van der Waals surface area contributed by atoms with Crippen LogP contribution in [-0.2, 0) is 32.6 Å². The molecule has 0 aliphatic rings. The van der Waals surface area contributed by atoms with E-state index in [-0.39, 0.29) is 23.8 Å². The van der Waals surface area contributed by atoms with E-state index in [0.717, 1.165) is 27.8 Å². The van der Waals surface area contributed by atoms with E-state index in [0.29, 0.717) is 10.7 Å². The van der Waals surface area contributed by atoms with Crippen LogP contribution in [0, 0.1) is 20.8 Å². The summed E-state index contributed by atoms with van der Waals surface area (Å²) in [7, 11) is -4.18. The lowest BCUT2D eigenvalue weighted by molar-refractivity contribution is -0.140. The topological polar surface area (TPSA) is 86.8 Å². The van der Waals surface area contributed by atoms with Gasteiger partial charge in [0.05, 0.1) is 10.6 Å². The highest BCUT2D eigenvalue weighted by Gasteiger charge is 2.36. The van der Waals surface area contributed by atoms with Crippen LogP contribution in [0.5, 0.6) is 0 Å². The van der Waals surface area contributed by atoms with Gasteiger partial charge in [-0.25, -0.2) is 8.42 Å². The maximum absolute atomic E-state index is 14.6. The molecular weight excluding hydrogens is 618 g/mol. The van der Waals surface area contributed by atoms with Crippen molar-refractivity contribution < 1.29 is 18.0 Å². The molecule has 1 atom stereocenters. The molecule has 46 heavy (non-hydrogen) atoms. The van der Waals surface area contributed by atoms with Crippen molar-refractivity contribution in [1.29, 1.82) is 0 Å². The number of carbonyl (C=O) groups is 2. The van der Waals surface area contributed by atoms with Crippen LogP contribution in [0.3, 0.4) is 0 Å². The Morgan fingerprint density at radius 1 is 0.804 bits per heavy atom. The van der Waals surface area contributed by atoms with E-state index in [1.54, 1.807) is 60.7 Å². The number of aryl methyl sites for hydroxylation is 2. The van der Waals surface area contributed by atoms with Crippen molar-refractivity contribution in [2.75, 3.05) is 10.8 Å². The van der Waals surface area contributed by atoms with Crippen LogP contribution < -0.4 is 9.62 Å². The molecule has 0 aliphatic carbocycles. The maximum atomic E-state index is 14.6. The summed E-state index contributed by atoms with van der Waals surface area (Å²) in [6.07, 6.45) is 0.232. The molecule has 4 aromatic carbocycles. The van der Waals surface area contributed by atoms with Crippen LogP contribution in [0.15, 0.2) is 102 Å². The number of benzene rings is 4. The molecule has 0 aliphatic heterocycles. The van der Waals surface area contributed by atoms with Crippen molar-refractivity contribution in [3.05, 3.63) is 130 Å². The van der Waals surface area contributed by atoms with E-state index in [4.69, 9.17) is 11.6 Å². The zero-order valence-corrected chi connectivity index (χ0v) is 28.8. The van der Waals surface area contributed by atoms with E-state index in [9.17, 15) is 18.0 Å². The van der Waals surface area contributed by atoms with Crippen LogP contribution >= 0.6 is 11.6 Å². The molecule has 1 N–H and O–H groups in total. The monoisotopic (exact) mass is 659 g/mol. The Morgan fingerprint density at radius 3 is 2.04 bits per heavy atom. The molecule has 0 heterocycles. The number of hydrogen-bond donors (Lipinski definition) is 1. The summed E-state index contributed by atoms with van der Waals surface area (Å²) < 4.78 is 29.8. The molecule has 0 saturated carbocycles. The Morgan fingerprint density at radius 2 is 1.43 bits per heavy atom. The van der Waals surface area contributed by atoms with E-state index in [1.807, 2.05) is 77.9 Å². The van der Waals surface area contributed by atoms with Crippen LogP contribution in [-0.4, -0.2) is 43.3 Å². The van der Waals surface area contributed by atoms with Gasteiger partial charge in [0, 0.05) is 23.5 Å². The summed E-state index contributed by atoms with van der Waals surface area (Å²) in [5.74, 6) is -0.852. The van der Waals surface area contributed by atoms with E-state index >= 15 is 0 Å². The molecule has 0 bridgehead atoms. The highest BCUT2D eigenvalue weighted by atomic mass is 35.5. The van der Waals surface area contributed by atoms with Gasteiger partial charge in [0.25, 0.3) is 10.0 Å². The van der Waals surface area contributed by atoms with Crippen LogP contribution in [0.2, 0.25) is 5.02 Å². The third kappa shape index (κ3) is 8.77. The van der Waals surface area contributed by atoms with E-state index in [1.165, 1.54) is 9.21 Å². The SMILES string of the molecule is Cc1ccc(S(=O)(=O)N(CC(=O)N(Cc2ccc(Cl)cc2)C(Cc2ccccc2)C(=O)NC(C)(C)C)c2cccc(C)c2C)cc1. The number of amides is 2. The molecular formula is C37H42ClN3O4S. The fourth-order valence-corrected chi connectivity index (χ4v) is 6.75. The molecule has 0 fully saturated rings. The number of nitrogens with one attached hydrogen (secondary N) is 1. The van der Waals surface area contributed by atoms with Gasteiger partial charge in [-0.05, 0) is 94.1 Å². The van der Waals surface area contributed by atoms with Crippen molar-refractivity contribution in [2.45, 2.75) is 71.0 Å². The molecule has 1 unspecified atom stereocenters. The molecule has 0 radical (unpaired) electrons. The Balaban J connectivity index is 1.84. The lowest BCUT2D eigenvalue weighted by Crippen LogP contribution is -2.56. The molecule has 2 amide bonds. The van der Waals surface area contributed by atoms with Gasteiger partial charge in [-0.15, -0.1) is 0 Å². The van der Waals surface area contributed by atoms with Gasteiger partial charge in [-0.1, -0.05) is 83.9 Å². The lowest BCUT2D eigenvalue weighted by Gasteiger charge is -2.35. The normalized spacial score (nSPS) is 12.3. The first-order chi connectivity index (χ1) is 21.7. The Labute approximate surface area is 278 Å². The minimum Gasteiger partial charge on any atom is -0.350 e. The van der Waals surface area contributed by atoms with Crippen molar-refractivity contribution in [1.82, 2.24) is 10.2 Å². The van der Waals surface area contributed by atoms with Crippen molar-refractivity contribution >= 4 is 39.1 Å². The number of carbonyl (C=O) groups excluding carboxylic acids is 2. The summed E-state index contributed by atoms with van der Waals surface area (Å²) in [5, 5.41) is 3.59. The van der Waals surface area contributed by atoms with Gasteiger partial charge in [-0.2, -0.15) is 0 Å². The third-order valence-corrected chi connectivity index (χ3v) is 9.79. The number of rotatable bonds is 11. The summed E-state index contributed by atoms with van der Waals surface area (Å²) in [6.45, 7) is 10.8. The van der Waals surface area contributed by atoms with Crippen LogP contribution in [0.1, 0.15) is 48.6 Å². The number of nitrogens with zero attached hydrogens (tertiary/aromatic N) is 2. The number of hydrogen-bond acceptors (Lipinski definition) is 4. The molecule has 4 aromatic rings. The second kappa shape index (κ2) is 14.5. The van der Waals surface area contributed by atoms with Crippen molar-refractivity contribution in [2.24, 2.45) is 0 Å². The molecule has 0 aromatic heterocycles. The summed E-state index contributed by atoms with van der Waals surface area (Å²) in [5.41, 5.74) is 3.99. The zero-order chi connectivity index (χ0) is 33.6. The molecule has 7 nitrogen and oxygen atoms in total. The fourth-order valence-electron chi connectivity index (χ4n) is 5.15.